The number of benzene rings is 2. The molecule has 33 heavy (non-hydrogen) atoms. The zero-order valence-corrected chi connectivity index (χ0v) is 21.4. The molecule has 3 rings (SSSR count). The highest BCUT2D eigenvalue weighted by molar-refractivity contribution is 6.31. The van der Waals surface area contributed by atoms with Crippen LogP contribution in [-0.2, 0) is 9.53 Å². The van der Waals surface area contributed by atoms with Crippen molar-refractivity contribution >= 4 is 17.6 Å². The van der Waals surface area contributed by atoms with Gasteiger partial charge in [0.05, 0.1) is 12.6 Å². The van der Waals surface area contributed by atoms with E-state index < -0.39 is 5.97 Å². The van der Waals surface area contributed by atoms with Crippen molar-refractivity contribution in [2.75, 3.05) is 32.8 Å². The molecule has 1 fully saturated rings. The van der Waals surface area contributed by atoms with Gasteiger partial charge in [0.25, 0.3) is 0 Å². The fourth-order valence-electron chi connectivity index (χ4n) is 4.87. The lowest BCUT2D eigenvalue weighted by molar-refractivity contribution is -0.142. The number of aryl methyl sites for hydroxylation is 2. The molecule has 376 valence electrons. The van der Waals surface area contributed by atoms with Gasteiger partial charge in [0.15, 0.2) is 0 Å². The Bertz CT molecular complexity index is 1100. The summed E-state index contributed by atoms with van der Waals surface area (Å²) < 4.78 is 5.36. The Labute approximate surface area is 348 Å². The molecule has 0 radical (unpaired) electrons. The molecule has 1 aliphatic rings. The minimum Gasteiger partial charge on any atom is -0.480 e. The van der Waals surface area contributed by atoms with E-state index >= 15 is 0 Å². The summed E-state index contributed by atoms with van der Waals surface area (Å²) in [7, 11) is 0. The molecule has 5 nitrogen and oxygen atoms in total. The average Bonchev–Trinajstić information content (AvgIpc) is 2.76. The molecule has 1 aliphatic heterocycles. The van der Waals surface area contributed by atoms with Crippen molar-refractivity contribution < 1.29 is 154 Å². The van der Waals surface area contributed by atoms with E-state index in [1.54, 1.807) is 0 Å². The van der Waals surface area contributed by atoms with E-state index in [0.29, 0.717) is 12.6 Å². The maximum absolute atomic E-state index is 10.8. The lowest BCUT2D eigenvalue weighted by Gasteiger charge is -2.46. The summed E-state index contributed by atoms with van der Waals surface area (Å²) in [6.45, 7) is 16.0. The highest BCUT2D eigenvalue weighted by atomic mass is 35.5. The summed E-state index contributed by atoms with van der Waals surface area (Å²) in [5.41, 5.74) is 7.71. The van der Waals surface area contributed by atoms with Crippen molar-refractivity contribution in [3.05, 3.63) is 68.7 Å². The summed E-state index contributed by atoms with van der Waals surface area (Å²) in [5, 5.41) is 9.63. The van der Waals surface area contributed by atoms with Gasteiger partial charge in [0.1, 0.15) is 6.61 Å². The number of rotatable bonds is 8. The molecule has 1 heterocycles. The molecular weight excluding hydrogens is 436 g/mol. The predicted octanol–water partition coefficient (Wildman–Crippen LogP) is 29.3. The standard InChI is InChI=1S/C27H37ClN2O3.98H2/c1-17-7-9-24(22(6)21(17)5)27(23-8-10-25(28)18(2)13-23)30-12-11-29(14-19(30)3)20(4)15-33-16-26(31)32;;;;;;;;;;;;;;;;;;;;;;;;;;;;;;;;;;;;;;;;;;;;;;;;;;;;;;;;;;;;;;;;;;;;;;;;;;;;;;;;;;;;;;;;;;;;;;;;;;/h7-10,13,19-20,27H,11-12,14-16H2,1-6H3,(H,31,32);98*1H. The van der Waals surface area contributed by atoms with Crippen LogP contribution in [0.2, 0.25) is 5.02 Å². The van der Waals surface area contributed by atoms with Crippen LogP contribution in [0.25, 0.3) is 0 Å². The van der Waals surface area contributed by atoms with Crippen molar-refractivity contribution in [2.24, 2.45) is 0 Å². The van der Waals surface area contributed by atoms with Crippen LogP contribution in [0.3, 0.4) is 0 Å². The first-order valence-corrected chi connectivity index (χ1v) is 12.1. The maximum atomic E-state index is 10.8. The number of carboxylic acids is 1. The molecule has 2 aromatic carbocycles. The molecule has 0 aliphatic carbocycles. The molecule has 3 atom stereocenters. The van der Waals surface area contributed by atoms with Crippen molar-refractivity contribution in [3.8, 4) is 0 Å². The molecule has 0 spiro atoms. The van der Waals surface area contributed by atoms with Crippen LogP contribution in [0, 0.1) is 27.7 Å². The molecule has 2 aromatic rings. The highest BCUT2D eigenvalue weighted by Gasteiger charge is 2.34. The van der Waals surface area contributed by atoms with Gasteiger partial charge in [-0.05, 0) is 81.0 Å². The largest absolute Gasteiger partial charge is 0.480 e. The Balaban J connectivity index is -0.00000000133. The average molecular weight is 671 g/mol. The number of aliphatic carboxylic acids is 1. The van der Waals surface area contributed by atoms with Gasteiger partial charge in [-0.2, -0.15) is 0 Å². The van der Waals surface area contributed by atoms with Crippen LogP contribution in [0.15, 0.2) is 30.3 Å². The topological polar surface area (TPSA) is 53.0 Å². The number of ether oxygens (including phenoxy) is 1. The number of hydrogen-bond donors (Lipinski definition) is 1. The van der Waals surface area contributed by atoms with E-state index in [2.05, 4.69) is 75.6 Å². The number of halogens is 1. The monoisotopic (exact) mass is 670 g/mol. The van der Waals surface area contributed by atoms with Gasteiger partial charge in [0.2, 0.25) is 0 Å². The number of piperazine rings is 1. The van der Waals surface area contributed by atoms with E-state index in [9.17, 15) is 4.79 Å². The quantitative estimate of drug-likeness (QED) is 0.303. The number of carbonyl (C=O) groups is 1. The first-order valence-electron chi connectivity index (χ1n) is 11.7. The molecule has 6 heteroatoms. The highest BCUT2D eigenvalue weighted by Crippen LogP contribution is 2.36. The molecular formula is C27H233ClN2O3. The van der Waals surface area contributed by atoms with Crippen LogP contribution < -0.4 is 0 Å². The Morgan fingerprint density at radius 1 is 1.15 bits per heavy atom. The lowest BCUT2D eigenvalue weighted by atomic mass is 9.88. The van der Waals surface area contributed by atoms with Crippen molar-refractivity contribution in [2.45, 2.75) is 59.7 Å². The van der Waals surface area contributed by atoms with Crippen LogP contribution in [-0.4, -0.2) is 65.8 Å². The van der Waals surface area contributed by atoms with Gasteiger partial charge in [-0.1, -0.05) is 35.9 Å². The molecule has 1 saturated heterocycles. The van der Waals surface area contributed by atoms with E-state index in [4.69, 9.17) is 21.4 Å². The van der Waals surface area contributed by atoms with Gasteiger partial charge in [-0.25, -0.2) is 4.79 Å². The van der Waals surface area contributed by atoms with E-state index in [1.807, 2.05) is 6.07 Å². The van der Waals surface area contributed by atoms with Gasteiger partial charge < -0.3 is 9.84 Å². The third kappa shape index (κ3) is 5.96. The van der Waals surface area contributed by atoms with Crippen LogP contribution >= 0.6 is 11.6 Å². The smallest absolute Gasteiger partial charge is 0.329 e. The van der Waals surface area contributed by atoms with Crippen LogP contribution in [0.5, 0.6) is 0 Å². The maximum Gasteiger partial charge on any atom is 0.329 e. The second kappa shape index (κ2) is 11.0. The number of hydrogen-bond acceptors (Lipinski definition) is 4. The Morgan fingerprint density at radius 3 is 2.52 bits per heavy atom. The van der Waals surface area contributed by atoms with Crippen molar-refractivity contribution in [1.82, 2.24) is 9.80 Å². The third-order valence-corrected chi connectivity index (χ3v) is 7.57. The zero-order valence-electron chi connectivity index (χ0n) is 20.7. The minimum atomic E-state index is -0.926. The van der Waals surface area contributed by atoms with Gasteiger partial charge in [-0.3, -0.25) is 9.80 Å². The molecule has 0 amide bonds. The fourth-order valence-corrected chi connectivity index (χ4v) is 4.98. The summed E-state index contributed by atoms with van der Waals surface area (Å²) in [6.07, 6.45) is 0. The van der Waals surface area contributed by atoms with Gasteiger partial charge in [-0.15, -0.1) is 0 Å². The third-order valence-electron chi connectivity index (χ3n) is 7.14. The number of nitrogens with zero attached hydrogens (tertiary/aromatic N) is 2. The van der Waals surface area contributed by atoms with E-state index in [1.165, 1.54) is 27.8 Å². The van der Waals surface area contributed by atoms with Crippen LogP contribution in [0.1, 0.15) is 193 Å². The summed E-state index contributed by atoms with van der Waals surface area (Å²) in [4.78, 5) is 15.8. The van der Waals surface area contributed by atoms with Gasteiger partial charge >= 0.3 is 5.97 Å². The molecule has 3 unspecified atom stereocenters. The minimum absolute atomic E-state index is 0. The summed E-state index contributed by atoms with van der Waals surface area (Å²) in [5.74, 6) is -0.926. The Kier molecular flexibility index (Phi) is 8.57. The lowest BCUT2D eigenvalue weighted by Crippen LogP contribution is -2.56. The van der Waals surface area contributed by atoms with E-state index in [0.717, 1.165) is 30.2 Å². The predicted molar refractivity (Wildman–Crippen MR) is 342 cm³/mol. The molecule has 0 aromatic heterocycles. The second-order valence-electron chi connectivity index (χ2n) is 9.47. The second-order valence-corrected chi connectivity index (χ2v) is 9.88. The normalized spacial score (nSPS) is 19.4. The fraction of sp³-hybridized carbons (Fsp3) is 0.519. The first kappa shape index (κ1) is 25.7. The first-order chi connectivity index (χ1) is 15.6. The molecule has 1 N–H and O–H groups in total. The summed E-state index contributed by atoms with van der Waals surface area (Å²) >= 11 is 6.37. The van der Waals surface area contributed by atoms with Crippen molar-refractivity contribution in [3.63, 3.8) is 0 Å². The Morgan fingerprint density at radius 2 is 1.88 bits per heavy atom. The van der Waals surface area contributed by atoms with Crippen molar-refractivity contribution in [1.29, 1.82) is 0 Å². The summed E-state index contributed by atoms with van der Waals surface area (Å²) in [6, 6.07) is 11.6. The van der Waals surface area contributed by atoms with E-state index in [-0.39, 0.29) is 159 Å². The zero-order chi connectivity index (χ0) is 24.3. The van der Waals surface area contributed by atoms with Gasteiger partial charge in [0, 0.05) is 177 Å². The number of carboxylic acid groups (broad SMARTS) is 1. The molecule has 0 bridgehead atoms. The van der Waals surface area contributed by atoms with Crippen LogP contribution in [0.4, 0.5) is 0 Å². The SMILES string of the molecule is Cc1cc(C(c2ccc(C)c(C)c2C)N2CCN(C(C)COCC(=O)O)CC2C)ccc1Cl.[HH].[HH].[HH].[HH].[HH].[HH].[HH].[HH].[HH].[HH].[HH].[HH].[HH].[HH].[HH].[HH].[HH].[HH].[HH].[HH].[HH].[HH].[HH].[HH].[HH].[HH].[HH].[HH].[HH].[HH].[HH].[HH].[HH].[HH].[HH].[HH].[HH].[HH].[HH].[HH].[HH].[HH].[HH].[HH].[HH].[HH].[HH].[HH].[HH].[HH].[HH].[HH].[HH].[HH].[HH].[HH].[HH].[HH].[HH].[HH].[HH].[HH].[HH].[HH].[HH].[HH].[HH].[HH].[HH].[HH].[HH].[HH].[HH].[HH].[HH].[HH].[HH].[HH].[HH].[HH].[HH].[HH].[HH].[HH].[HH].[HH].[HH].[HH].[HH].[HH].[HH].[HH].[HH].[HH].[HH].[HH].[HH].[HH]. The molecule has 0 saturated carbocycles. The Hall–Kier alpha value is -1.92.